The Kier molecular flexibility index (Phi) is 6.32. The van der Waals surface area contributed by atoms with Crippen LogP contribution < -0.4 is 15.1 Å². The van der Waals surface area contributed by atoms with Gasteiger partial charge in [-0.25, -0.2) is 9.97 Å². The average Bonchev–Trinajstić information content (AvgIpc) is 3.22. The largest absolute Gasteiger partial charge is 0.394 e. The zero-order valence-electron chi connectivity index (χ0n) is 16.1. The van der Waals surface area contributed by atoms with Crippen LogP contribution >= 0.6 is 15.9 Å². The van der Waals surface area contributed by atoms with Crippen LogP contribution in [-0.4, -0.2) is 53.9 Å². The summed E-state index contributed by atoms with van der Waals surface area (Å²) in [7, 11) is 0. The van der Waals surface area contributed by atoms with Crippen molar-refractivity contribution in [1.29, 1.82) is 0 Å². The first kappa shape index (κ1) is 19.5. The first-order valence-corrected chi connectivity index (χ1v) is 11.0. The molecule has 0 radical (unpaired) electrons. The molecule has 3 heterocycles. The van der Waals surface area contributed by atoms with Gasteiger partial charge >= 0.3 is 0 Å². The van der Waals surface area contributed by atoms with Crippen LogP contribution in [0.25, 0.3) is 0 Å². The summed E-state index contributed by atoms with van der Waals surface area (Å²) in [4.78, 5) is 13.5. The highest BCUT2D eigenvalue weighted by Crippen LogP contribution is 2.27. The van der Waals surface area contributed by atoms with Crippen molar-refractivity contribution in [2.45, 2.75) is 31.7 Å². The smallest absolute Gasteiger partial charge is 0.134 e. The minimum absolute atomic E-state index is 0.171. The predicted molar refractivity (Wildman–Crippen MR) is 117 cm³/mol. The minimum Gasteiger partial charge on any atom is -0.394 e. The summed E-state index contributed by atoms with van der Waals surface area (Å²) >= 11 is 3.56. The fourth-order valence-electron chi connectivity index (χ4n) is 4.25. The van der Waals surface area contributed by atoms with E-state index in [1.807, 2.05) is 6.07 Å². The molecule has 150 valence electrons. The van der Waals surface area contributed by atoms with E-state index >= 15 is 0 Å². The second kappa shape index (κ2) is 9.09. The number of hydrogen-bond donors (Lipinski definition) is 2. The van der Waals surface area contributed by atoms with E-state index in [0.29, 0.717) is 5.92 Å². The maximum Gasteiger partial charge on any atom is 0.134 e. The molecule has 2 saturated heterocycles. The standard InChI is InChI=1S/C21H28BrN5O/c22-17-4-3-6-18(10-17)26-9-7-16(13-26)12-23-20-11-21(25-15-24-20)27-8-2-1-5-19(27)14-28/h3-4,6,10-11,15-16,19,28H,1-2,5,7-9,12-14H2,(H,23,24,25). The number of halogens is 1. The summed E-state index contributed by atoms with van der Waals surface area (Å²) in [5.41, 5.74) is 1.28. The van der Waals surface area contributed by atoms with Crippen molar-refractivity contribution in [2.24, 2.45) is 5.92 Å². The molecule has 1 aromatic heterocycles. The number of nitrogens with one attached hydrogen (secondary N) is 1. The number of anilines is 3. The van der Waals surface area contributed by atoms with E-state index in [2.05, 4.69) is 65.3 Å². The Balaban J connectivity index is 1.34. The molecule has 2 atom stereocenters. The normalized spacial score (nSPS) is 22.5. The molecule has 2 aromatic rings. The molecule has 2 aliphatic heterocycles. The molecule has 28 heavy (non-hydrogen) atoms. The van der Waals surface area contributed by atoms with Crippen LogP contribution in [0.1, 0.15) is 25.7 Å². The molecule has 2 fully saturated rings. The van der Waals surface area contributed by atoms with Crippen LogP contribution in [-0.2, 0) is 0 Å². The summed E-state index contributed by atoms with van der Waals surface area (Å²) in [6.45, 7) is 4.18. The Morgan fingerprint density at radius 3 is 2.93 bits per heavy atom. The van der Waals surface area contributed by atoms with Crippen molar-refractivity contribution in [1.82, 2.24) is 9.97 Å². The summed E-state index contributed by atoms with van der Waals surface area (Å²) < 4.78 is 1.12. The number of hydrogen-bond acceptors (Lipinski definition) is 6. The third kappa shape index (κ3) is 4.58. The Hall–Kier alpha value is -1.86. The molecule has 1 aromatic carbocycles. The highest BCUT2D eigenvalue weighted by Gasteiger charge is 2.24. The molecular formula is C21H28BrN5O. The predicted octanol–water partition coefficient (Wildman–Crippen LogP) is 3.53. The number of piperidine rings is 1. The molecule has 0 aliphatic carbocycles. The van der Waals surface area contributed by atoms with E-state index in [1.54, 1.807) is 6.33 Å². The lowest BCUT2D eigenvalue weighted by molar-refractivity contribution is 0.239. The average molecular weight is 446 g/mol. The second-order valence-electron chi connectivity index (χ2n) is 7.75. The molecule has 0 saturated carbocycles. The number of aliphatic hydroxyl groups excluding tert-OH is 1. The number of rotatable bonds is 6. The van der Waals surface area contributed by atoms with Gasteiger partial charge in [-0.1, -0.05) is 22.0 Å². The van der Waals surface area contributed by atoms with Gasteiger partial charge in [-0.2, -0.15) is 0 Å². The van der Waals surface area contributed by atoms with Gasteiger partial charge < -0.3 is 20.2 Å². The zero-order valence-corrected chi connectivity index (χ0v) is 17.7. The van der Waals surface area contributed by atoms with Crippen molar-refractivity contribution in [2.75, 3.05) is 47.9 Å². The van der Waals surface area contributed by atoms with Crippen LogP contribution in [0.3, 0.4) is 0 Å². The van der Waals surface area contributed by atoms with Crippen molar-refractivity contribution >= 4 is 33.3 Å². The van der Waals surface area contributed by atoms with Crippen molar-refractivity contribution in [3.05, 3.63) is 41.1 Å². The van der Waals surface area contributed by atoms with Gasteiger partial charge in [-0.3, -0.25) is 0 Å². The third-order valence-corrected chi connectivity index (χ3v) is 6.31. The first-order valence-electron chi connectivity index (χ1n) is 10.2. The lowest BCUT2D eigenvalue weighted by Crippen LogP contribution is -2.42. The third-order valence-electron chi connectivity index (χ3n) is 5.82. The van der Waals surface area contributed by atoms with Gasteiger partial charge in [0.2, 0.25) is 0 Å². The van der Waals surface area contributed by atoms with Crippen LogP contribution in [0.15, 0.2) is 41.1 Å². The van der Waals surface area contributed by atoms with E-state index in [1.165, 1.54) is 18.5 Å². The molecule has 4 rings (SSSR count). The molecule has 2 unspecified atom stereocenters. The fraction of sp³-hybridized carbons (Fsp3) is 0.524. The van der Waals surface area contributed by atoms with E-state index < -0.39 is 0 Å². The maximum atomic E-state index is 9.67. The molecular weight excluding hydrogens is 418 g/mol. The van der Waals surface area contributed by atoms with E-state index in [0.717, 1.165) is 55.1 Å². The molecule has 0 amide bonds. The summed E-state index contributed by atoms with van der Waals surface area (Å²) in [6, 6.07) is 10.7. The quantitative estimate of drug-likeness (QED) is 0.708. The zero-order chi connectivity index (χ0) is 19.3. The van der Waals surface area contributed by atoms with Gasteiger partial charge in [0.1, 0.15) is 18.0 Å². The van der Waals surface area contributed by atoms with Gasteiger partial charge in [0, 0.05) is 42.4 Å². The first-order chi connectivity index (χ1) is 13.7. The van der Waals surface area contributed by atoms with Gasteiger partial charge in [0.05, 0.1) is 12.6 Å². The Bertz CT molecular complexity index is 789. The summed E-state index contributed by atoms with van der Waals surface area (Å²) in [5.74, 6) is 2.38. The number of aliphatic hydroxyl groups is 1. The fourth-order valence-corrected chi connectivity index (χ4v) is 4.64. The number of nitrogens with zero attached hydrogens (tertiary/aromatic N) is 4. The van der Waals surface area contributed by atoms with Crippen LogP contribution in [0.5, 0.6) is 0 Å². The van der Waals surface area contributed by atoms with Crippen LogP contribution in [0, 0.1) is 5.92 Å². The molecule has 0 spiro atoms. The lowest BCUT2D eigenvalue weighted by atomic mass is 10.0. The molecule has 0 bridgehead atoms. The highest BCUT2D eigenvalue weighted by atomic mass is 79.9. The van der Waals surface area contributed by atoms with Crippen molar-refractivity contribution in [3.63, 3.8) is 0 Å². The van der Waals surface area contributed by atoms with E-state index in [4.69, 9.17) is 0 Å². The lowest BCUT2D eigenvalue weighted by Gasteiger charge is -2.35. The minimum atomic E-state index is 0.171. The molecule has 6 nitrogen and oxygen atoms in total. The number of benzene rings is 1. The van der Waals surface area contributed by atoms with Crippen LogP contribution in [0.4, 0.5) is 17.3 Å². The van der Waals surface area contributed by atoms with E-state index in [9.17, 15) is 5.11 Å². The van der Waals surface area contributed by atoms with Crippen molar-refractivity contribution < 1.29 is 5.11 Å². The molecule has 7 heteroatoms. The maximum absolute atomic E-state index is 9.67. The molecule has 2 N–H and O–H groups in total. The Morgan fingerprint density at radius 2 is 2.07 bits per heavy atom. The van der Waals surface area contributed by atoms with Gasteiger partial charge in [-0.05, 0) is 49.8 Å². The SMILES string of the molecule is OCC1CCCCN1c1cc(NCC2CCN(c3cccc(Br)c3)C2)ncn1. The summed E-state index contributed by atoms with van der Waals surface area (Å²) in [5, 5.41) is 13.2. The van der Waals surface area contributed by atoms with E-state index in [-0.39, 0.29) is 12.6 Å². The topological polar surface area (TPSA) is 64.5 Å². The molecule has 2 aliphatic rings. The highest BCUT2D eigenvalue weighted by molar-refractivity contribution is 9.10. The van der Waals surface area contributed by atoms with Gasteiger partial charge in [-0.15, -0.1) is 0 Å². The van der Waals surface area contributed by atoms with Crippen molar-refractivity contribution in [3.8, 4) is 0 Å². The Morgan fingerprint density at radius 1 is 1.14 bits per heavy atom. The monoisotopic (exact) mass is 445 g/mol. The Labute approximate surface area is 175 Å². The summed E-state index contributed by atoms with van der Waals surface area (Å²) in [6.07, 6.45) is 6.15. The second-order valence-corrected chi connectivity index (χ2v) is 8.66. The van der Waals surface area contributed by atoms with Gasteiger partial charge in [0.15, 0.2) is 0 Å². The number of aromatic nitrogens is 2. The van der Waals surface area contributed by atoms with Crippen LogP contribution in [0.2, 0.25) is 0 Å². The van der Waals surface area contributed by atoms with Gasteiger partial charge in [0.25, 0.3) is 0 Å².